The Balaban J connectivity index is 1.51. The Kier molecular flexibility index (Phi) is 4.71. The van der Waals surface area contributed by atoms with Crippen LogP contribution in [-0.4, -0.2) is 28.2 Å². The van der Waals surface area contributed by atoms with Gasteiger partial charge in [0, 0.05) is 17.8 Å². The number of thiazole rings is 1. The zero-order valence-corrected chi connectivity index (χ0v) is 15.5. The number of benzene rings is 1. The summed E-state index contributed by atoms with van der Waals surface area (Å²) >= 11 is 2.60. The van der Waals surface area contributed by atoms with Gasteiger partial charge in [-0.15, -0.1) is 11.3 Å². The van der Waals surface area contributed by atoms with Crippen molar-refractivity contribution in [1.29, 1.82) is 0 Å². The van der Waals surface area contributed by atoms with Gasteiger partial charge in [-0.25, -0.2) is 13.8 Å². The average molecular weight is 405 g/mol. The fraction of sp³-hybridized carbons (Fsp3) is 0.167. The molecule has 27 heavy (non-hydrogen) atoms. The molecule has 0 unspecified atom stereocenters. The quantitative estimate of drug-likeness (QED) is 0.718. The first-order valence-corrected chi connectivity index (χ1v) is 9.79. The van der Waals surface area contributed by atoms with E-state index in [-0.39, 0.29) is 12.5 Å². The molecule has 1 aliphatic rings. The third kappa shape index (κ3) is 3.47. The molecule has 3 aromatic rings. The maximum Gasteiger partial charge on any atom is 0.267 e. The molecule has 0 saturated heterocycles. The average Bonchev–Trinajstić information content (AvgIpc) is 3.30. The van der Waals surface area contributed by atoms with Crippen molar-refractivity contribution in [2.24, 2.45) is 0 Å². The smallest absolute Gasteiger partial charge is 0.267 e. The molecule has 3 heterocycles. The number of rotatable bonds is 3. The molecular weight excluding hydrogens is 392 g/mol. The van der Waals surface area contributed by atoms with Crippen LogP contribution in [0.1, 0.15) is 30.6 Å². The molecule has 0 bridgehead atoms. The summed E-state index contributed by atoms with van der Waals surface area (Å²) in [6, 6.07) is 6.86. The van der Waals surface area contributed by atoms with Gasteiger partial charge in [0.25, 0.3) is 11.8 Å². The molecular formula is C18H13F2N3O2S2. The number of halogens is 2. The minimum absolute atomic E-state index is 0.203. The van der Waals surface area contributed by atoms with Gasteiger partial charge < -0.3 is 4.90 Å². The van der Waals surface area contributed by atoms with E-state index in [0.29, 0.717) is 23.0 Å². The number of carbonyl (C=O) groups is 2. The van der Waals surface area contributed by atoms with Crippen LogP contribution in [0.5, 0.6) is 0 Å². The lowest BCUT2D eigenvalue weighted by atomic mass is 10.1. The molecule has 0 spiro atoms. The predicted molar refractivity (Wildman–Crippen MR) is 99.2 cm³/mol. The maximum atomic E-state index is 13.9. The van der Waals surface area contributed by atoms with Crippen molar-refractivity contribution in [3.8, 4) is 0 Å². The van der Waals surface area contributed by atoms with Gasteiger partial charge in [-0.1, -0.05) is 23.5 Å². The van der Waals surface area contributed by atoms with Gasteiger partial charge in [0.2, 0.25) is 0 Å². The van der Waals surface area contributed by atoms with Crippen LogP contribution in [0.2, 0.25) is 0 Å². The first kappa shape index (κ1) is 17.7. The van der Waals surface area contributed by atoms with Crippen LogP contribution in [-0.2, 0) is 13.0 Å². The number of nitrogens with one attached hydrogen (secondary N) is 1. The highest BCUT2D eigenvalue weighted by Crippen LogP contribution is 2.30. The molecule has 0 fully saturated rings. The summed E-state index contributed by atoms with van der Waals surface area (Å²) in [6.07, 6.45) is 0.461. The van der Waals surface area contributed by atoms with Crippen LogP contribution >= 0.6 is 22.7 Å². The van der Waals surface area contributed by atoms with Crippen molar-refractivity contribution in [1.82, 2.24) is 9.88 Å². The maximum absolute atomic E-state index is 13.9. The number of aromatic nitrogens is 1. The Labute approximate surface area is 161 Å². The third-order valence-corrected chi connectivity index (χ3v) is 6.03. The van der Waals surface area contributed by atoms with Crippen LogP contribution in [0.3, 0.4) is 0 Å². The lowest BCUT2D eigenvalue weighted by molar-refractivity contribution is 0.0726. The van der Waals surface area contributed by atoms with E-state index in [4.69, 9.17) is 0 Å². The Hall–Kier alpha value is -2.65. The van der Waals surface area contributed by atoms with Crippen molar-refractivity contribution >= 4 is 39.6 Å². The molecule has 0 aliphatic carbocycles. The number of fused-ring (bicyclic) bond motifs is 1. The largest absolute Gasteiger partial charge is 0.333 e. The van der Waals surface area contributed by atoms with Crippen molar-refractivity contribution in [3.05, 3.63) is 68.4 Å². The lowest BCUT2D eigenvalue weighted by Gasteiger charge is -2.26. The molecule has 0 atom stereocenters. The summed E-state index contributed by atoms with van der Waals surface area (Å²) < 4.78 is 27.8. The molecule has 0 saturated carbocycles. The lowest BCUT2D eigenvalue weighted by Crippen LogP contribution is -2.36. The summed E-state index contributed by atoms with van der Waals surface area (Å²) in [5, 5.41) is 5.01. The van der Waals surface area contributed by atoms with Crippen molar-refractivity contribution in [2.75, 3.05) is 11.9 Å². The van der Waals surface area contributed by atoms with E-state index < -0.39 is 23.1 Å². The third-order valence-electron chi connectivity index (χ3n) is 4.16. The second-order valence-corrected chi connectivity index (χ2v) is 7.92. The highest BCUT2D eigenvalue weighted by Gasteiger charge is 2.28. The van der Waals surface area contributed by atoms with Gasteiger partial charge in [0.15, 0.2) is 5.13 Å². The topological polar surface area (TPSA) is 62.3 Å². The summed E-state index contributed by atoms with van der Waals surface area (Å²) in [7, 11) is 0. The zero-order valence-electron chi connectivity index (χ0n) is 13.9. The van der Waals surface area contributed by atoms with E-state index in [9.17, 15) is 18.4 Å². The SMILES string of the molecule is O=C(Nc1nc2c(s1)CN(C(=O)c1c(F)cccc1F)CC2)c1cccs1. The van der Waals surface area contributed by atoms with Gasteiger partial charge >= 0.3 is 0 Å². The Morgan fingerprint density at radius 3 is 2.63 bits per heavy atom. The van der Waals surface area contributed by atoms with E-state index in [2.05, 4.69) is 10.3 Å². The number of amides is 2. The molecule has 2 amide bonds. The molecule has 5 nitrogen and oxygen atoms in total. The first-order chi connectivity index (χ1) is 13.0. The Morgan fingerprint density at radius 1 is 1.15 bits per heavy atom. The van der Waals surface area contributed by atoms with E-state index in [0.717, 1.165) is 22.7 Å². The number of hydrogen-bond donors (Lipinski definition) is 1. The fourth-order valence-electron chi connectivity index (χ4n) is 2.85. The van der Waals surface area contributed by atoms with Crippen LogP contribution in [0.25, 0.3) is 0 Å². The molecule has 138 valence electrons. The van der Waals surface area contributed by atoms with Crippen LogP contribution in [0, 0.1) is 11.6 Å². The van der Waals surface area contributed by atoms with Gasteiger partial charge in [0.1, 0.15) is 17.2 Å². The summed E-state index contributed by atoms with van der Waals surface area (Å²) in [6.45, 7) is 0.510. The first-order valence-electron chi connectivity index (χ1n) is 8.09. The van der Waals surface area contributed by atoms with Gasteiger partial charge in [-0.3, -0.25) is 14.9 Å². The van der Waals surface area contributed by atoms with Gasteiger partial charge in [-0.2, -0.15) is 0 Å². The minimum atomic E-state index is -0.876. The van der Waals surface area contributed by atoms with Crippen molar-refractivity contribution in [3.63, 3.8) is 0 Å². The minimum Gasteiger partial charge on any atom is -0.333 e. The normalized spacial score (nSPS) is 13.3. The van der Waals surface area contributed by atoms with E-state index >= 15 is 0 Å². The Bertz CT molecular complexity index is 998. The standard InChI is InChI=1S/C18H13F2N3O2S2/c19-10-3-1-4-11(20)15(10)17(25)23-7-6-12-14(9-23)27-18(21-12)22-16(24)13-5-2-8-26-13/h1-5,8H,6-7,9H2,(H,21,22,24). The Morgan fingerprint density at radius 2 is 1.93 bits per heavy atom. The molecule has 1 aromatic carbocycles. The molecule has 4 rings (SSSR count). The number of thiophene rings is 1. The molecule has 9 heteroatoms. The monoisotopic (exact) mass is 405 g/mol. The number of anilines is 1. The van der Waals surface area contributed by atoms with Crippen LogP contribution in [0.4, 0.5) is 13.9 Å². The highest BCUT2D eigenvalue weighted by molar-refractivity contribution is 7.16. The predicted octanol–water partition coefficient (Wildman–Crippen LogP) is 3.93. The van der Waals surface area contributed by atoms with Crippen LogP contribution in [0.15, 0.2) is 35.7 Å². The second-order valence-electron chi connectivity index (χ2n) is 5.89. The number of nitrogens with zero attached hydrogens (tertiary/aromatic N) is 2. The molecule has 1 N–H and O–H groups in total. The zero-order chi connectivity index (χ0) is 19.0. The molecule has 1 aliphatic heterocycles. The summed E-state index contributed by atoms with van der Waals surface area (Å²) in [4.78, 5) is 31.9. The molecule has 2 aromatic heterocycles. The van der Waals surface area contributed by atoms with Crippen LogP contribution < -0.4 is 5.32 Å². The van der Waals surface area contributed by atoms with E-state index in [1.54, 1.807) is 12.1 Å². The van der Waals surface area contributed by atoms with Gasteiger partial charge in [0.05, 0.1) is 17.1 Å². The summed E-state index contributed by atoms with van der Waals surface area (Å²) in [5.74, 6) is -2.68. The van der Waals surface area contributed by atoms with E-state index in [1.807, 2.05) is 5.38 Å². The van der Waals surface area contributed by atoms with E-state index in [1.165, 1.54) is 33.6 Å². The summed E-state index contributed by atoms with van der Waals surface area (Å²) in [5.41, 5.74) is 0.247. The molecule has 0 radical (unpaired) electrons. The van der Waals surface area contributed by atoms with Crippen molar-refractivity contribution < 1.29 is 18.4 Å². The second kappa shape index (κ2) is 7.16. The van der Waals surface area contributed by atoms with Crippen molar-refractivity contribution in [2.45, 2.75) is 13.0 Å². The number of carbonyl (C=O) groups excluding carboxylic acids is 2. The number of hydrogen-bond acceptors (Lipinski definition) is 5. The fourth-order valence-corrected chi connectivity index (χ4v) is 4.49. The van der Waals surface area contributed by atoms with Gasteiger partial charge in [-0.05, 0) is 23.6 Å². The highest BCUT2D eigenvalue weighted by atomic mass is 32.1.